The lowest BCUT2D eigenvalue weighted by molar-refractivity contribution is -0.137. The standard InChI is InChI=1S/C15H14BrNO4S/c16-13-7-6-12(22-13)11(8-14(18)19)17-15(20)21-9-10-4-2-1-3-5-10/h1-7,11H,8-9H2,(H,17,20)(H,18,19). The van der Waals surface area contributed by atoms with Gasteiger partial charge >= 0.3 is 12.1 Å². The summed E-state index contributed by atoms with van der Waals surface area (Å²) in [6.07, 6.45) is -0.840. The van der Waals surface area contributed by atoms with Crippen LogP contribution in [0.15, 0.2) is 46.3 Å². The van der Waals surface area contributed by atoms with Crippen molar-refractivity contribution in [3.05, 3.63) is 56.7 Å². The van der Waals surface area contributed by atoms with E-state index in [1.54, 1.807) is 6.07 Å². The van der Waals surface area contributed by atoms with Crippen LogP contribution >= 0.6 is 27.3 Å². The fraction of sp³-hybridized carbons (Fsp3) is 0.200. The van der Waals surface area contributed by atoms with Crippen molar-refractivity contribution in [2.45, 2.75) is 19.1 Å². The highest BCUT2D eigenvalue weighted by atomic mass is 79.9. The SMILES string of the molecule is O=C(O)CC(NC(=O)OCc1ccccc1)c1ccc(Br)s1. The lowest BCUT2D eigenvalue weighted by Crippen LogP contribution is -2.30. The molecule has 1 unspecified atom stereocenters. The summed E-state index contributed by atoms with van der Waals surface area (Å²) in [6.45, 7) is 0.139. The Morgan fingerprint density at radius 3 is 2.55 bits per heavy atom. The summed E-state index contributed by atoms with van der Waals surface area (Å²) in [6, 6.07) is 12.3. The molecule has 22 heavy (non-hydrogen) atoms. The third-order valence-corrected chi connectivity index (χ3v) is 4.56. The van der Waals surface area contributed by atoms with Gasteiger partial charge in [0.1, 0.15) is 6.61 Å². The van der Waals surface area contributed by atoms with E-state index in [2.05, 4.69) is 21.2 Å². The van der Waals surface area contributed by atoms with Crippen LogP contribution in [0.3, 0.4) is 0 Å². The molecule has 116 valence electrons. The molecule has 2 aromatic rings. The lowest BCUT2D eigenvalue weighted by atomic mass is 10.2. The highest BCUT2D eigenvalue weighted by Crippen LogP contribution is 2.29. The maximum absolute atomic E-state index is 11.9. The topological polar surface area (TPSA) is 75.6 Å². The van der Waals surface area contributed by atoms with Crippen LogP contribution < -0.4 is 5.32 Å². The Balaban J connectivity index is 1.94. The molecule has 1 aromatic carbocycles. The van der Waals surface area contributed by atoms with Crippen LogP contribution in [0.25, 0.3) is 0 Å². The number of halogens is 1. The van der Waals surface area contributed by atoms with Crippen molar-refractivity contribution < 1.29 is 19.4 Å². The van der Waals surface area contributed by atoms with Crippen LogP contribution in [0, 0.1) is 0 Å². The largest absolute Gasteiger partial charge is 0.481 e. The molecule has 0 aliphatic rings. The number of carboxylic acid groups (broad SMARTS) is 1. The summed E-state index contributed by atoms with van der Waals surface area (Å²) in [4.78, 5) is 23.6. The molecule has 2 rings (SSSR count). The van der Waals surface area contributed by atoms with Crippen molar-refractivity contribution in [3.8, 4) is 0 Å². The van der Waals surface area contributed by atoms with Crippen LogP contribution in [0.4, 0.5) is 4.79 Å². The van der Waals surface area contributed by atoms with E-state index in [1.165, 1.54) is 11.3 Å². The second-order valence-corrected chi connectivity index (χ2v) is 6.99. The fourth-order valence-electron chi connectivity index (χ4n) is 1.82. The molecule has 0 aliphatic carbocycles. The van der Waals surface area contributed by atoms with Crippen LogP contribution in [0.1, 0.15) is 22.9 Å². The molecule has 0 spiro atoms. The number of carbonyl (C=O) groups is 2. The van der Waals surface area contributed by atoms with Crippen LogP contribution in [0.5, 0.6) is 0 Å². The molecule has 1 heterocycles. The lowest BCUT2D eigenvalue weighted by Gasteiger charge is -2.15. The zero-order chi connectivity index (χ0) is 15.9. The maximum Gasteiger partial charge on any atom is 0.407 e. The maximum atomic E-state index is 11.9. The van der Waals surface area contributed by atoms with Gasteiger partial charge in [-0.25, -0.2) is 4.79 Å². The third kappa shape index (κ3) is 5.16. The highest BCUT2D eigenvalue weighted by molar-refractivity contribution is 9.11. The van der Waals surface area contributed by atoms with Crippen molar-refractivity contribution in [2.75, 3.05) is 0 Å². The van der Waals surface area contributed by atoms with Gasteiger partial charge in [0.25, 0.3) is 0 Å². The van der Waals surface area contributed by atoms with Gasteiger partial charge in [-0.2, -0.15) is 0 Å². The van der Waals surface area contributed by atoms with Gasteiger partial charge in [-0.15, -0.1) is 11.3 Å². The molecule has 1 aromatic heterocycles. The molecule has 1 amide bonds. The molecule has 0 radical (unpaired) electrons. The Labute approximate surface area is 140 Å². The summed E-state index contributed by atoms with van der Waals surface area (Å²) < 4.78 is 5.99. The van der Waals surface area contributed by atoms with Gasteiger partial charge in [0.2, 0.25) is 0 Å². The molecule has 0 bridgehead atoms. The number of benzene rings is 1. The van der Waals surface area contributed by atoms with Crippen LogP contribution in [0.2, 0.25) is 0 Å². The summed E-state index contributed by atoms with van der Waals surface area (Å²) >= 11 is 4.70. The predicted octanol–water partition coefficient (Wildman–Crippen LogP) is 3.95. The normalized spacial score (nSPS) is 11.7. The van der Waals surface area contributed by atoms with E-state index in [0.29, 0.717) is 0 Å². The first kappa shape index (κ1) is 16.5. The number of ether oxygens (including phenoxy) is 1. The Hall–Kier alpha value is -1.86. The van der Waals surface area contributed by atoms with Gasteiger partial charge in [-0.1, -0.05) is 30.3 Å². The van der Waals surface area contributed by atoms with Crippen molar-refractivity contribution in [1.29, 1.82) is 0 Å². The second kappa shape index (κ2) is 7.95. The summed E-state index contributed by atoms with van der Waals surface area (Å²) in [5, 5.41) is 11.6. The van der Waals surface area contributed by atoms with Crippen LogP contribution in [-0.2, 0) is 16.1 Å². The van der Waals surface area contributed by atoms with Crippen LogP contribution in [-0.4, -0.2) is 17.2 Å². The third-order valence-electron chi connectivity index (χ3n) is 2.82. The van der Waals surface area contributed by atoms with E-state index in [0.717, 1.165) is 14.2 Å². The smallest absolute Gasteiger partial charge is 0.407 e. The van der Waals surface area contributed by atoms with E-state index in [9.17, 15) is 9.59 Å². The van der Waals surface area contributed by atoms with Gasteiger partial charge in [0.05, 0.1) is 16.2 Å². The van der Waals surface area contributed by atoms with Crippen molar-refractivity contribution >= 4 is 39.3 Å². The van der Waals surface area contributed by atoms with E-state index >= 15 is 0 Å². The molecule has 5 nitrogen and oxygen atoms in total. The fourth-order valence-corrected chi connectivity index (χ4v) is 3.29. The zero-order valence-electron chi connectivity index (χ0n) is 11.5. The zero-order valence-corrected chi connectivity index (χ0v) is 13.9. The first-order valence-corrected chi connectivity index (χ1v) is 8.10. The first-order chi connectivity index (χ1) is 10.5. The molecule has 2 N–H and O–H groups in total. The average Bonchev–Trinajstić information content (AvgIpc) is 2.92. The van der Waals surface area contributed by atoms with E-state index in [4.69, 9.17) is 9.84 Å². The van der Waals surface area contributed by atoms with Gasteiger partial charge in [-0.05, 0) is 33.6 Å². The number of hydrogen-bond donors (Lipinski definition) is 2. The van der Waals surface area contributed by atoms with Gasteiger partial charge in [0.15, 0.2) is 0 Å². The van der Waals surface area contributed by atoms with E-state index < -0.39 is 18.1 Å². The molecular weight excluding hydrogens is 370 g/mol. The van der Waals surface area contributed by atoms with Gasteiger partial charge < -0.3 is 15.2 Å². The minimum atomic E-state index is -0.988. The molecule has 1 atom stereocenters. The van der Waals surface area contributed by atoms with Gasteiger partial charge in [-0.3, -0.25) is 4.79 Å². The second-order valence-electron chi connectivity index (χ2n) is 4.50. The predicted molar refractivity (Wildman–Crippen MR) is 86.8 cm³/mol. The molecule has 7 heteroatoms. The monoisotopic (exact) mass is 383 g/mol. The number of thiophene rings is 1. The Bertz CT molecular complexity index is 644. The average molecular weight is 384 g/mol. The summed E-state index contributed by atoms with van der Waals surface area (Å²) in [5.41, 5.74) is 0.867. The number of carbonyl (C=O) groups excluding carboxylic acids is 1. The van der Waals surface area contributed by atoms with Crippen molar-refractivity contribution in [2.24, 2.45) is 0 Å². The van der Waals surface area contributed by atoms with Gasteiger partial charge in [0, 0.05) is 4.88 Å². The number of rotatable bonds is 6. The van der Waals surface area contributed by atoms with E-state index in [-0.39, 0.29) is 13.0 Å². The minimum Gasteiger partial charge on any atom is -0.481 e. The number of amides is 1. The Kier molecular flexibility index (Phi) is 5.97. The highest BCUT2D eigenvalue weighted by Gasteiger charge is 2.20. The Morgan fingerprint density at radius 1 is 1.23 bits per heavy atom. The molecule has 0 aliphatic heterocycles. The molecular formula is C15H14BrNO4S. The quantitative estimate of drug-likeness (QED) is 0.791. The number of carboxylic acids is 1. The number of nitrogens with one attached hydrogen (secondary N) is 1. The number of aliphatic carboxylic acids is 1. The van der Waals surface area contributed by atoms with Crippen molar-refractivity contribution in [3.63, 3.8) is 0 Å². The number of alkyl carbamates (subject to hydrolysis) is 1. The van der Waals surface area contributed by atoms with Crippen molar-refractivity contribution in [1.82, 2.24) is 5.32 Å². The number of hydrogen-bond acceptors (Lipinski definition) is 4. The molecule has 0 fully saturated rings. The summed E-state index contributed by atoms with van der Waals surface area (Å²) in [5.74, 6) is -0.988. The minimum absolute atomic E-state index is 0.139. The van der Waals surface area contributed by atoms with E-state index in [1.807, 2.05) is 36.4 Å². The summed E-state index contributed by atoms with van der Waals surface area (Å²) in [7, 11) is 0. The Morgan fingerprint density at radius 2 is 1.95 bits per heavy atom. The molecule has 0 saturated heterocycles. The first-order valence-electron chi connectivity index (χ1n) is 6.49. The molecule has 0 saturated carbocycles.